The van der Waals surface area contributed by atoms with E-state index in [-0.39, 0.29) is 21.4 Å². The first-order chi connectivity index (χ1) is 21.1. The lowest BCUT2D eigenvalue weighted by atomic mass is 9.63. The molecule has 1 saturated heterocycles. The number of nitrogens with one attached hydrogen (secondary N) is 1. The Bertz CT molecular complexity index is 2040. The zero-order chi connectivity index (χ0) is 30.4. The van der Waals surface area contributed by atoms with Crippen LogP contribution in [0.1, 0.15) is 66.1 Å². The summed E-state index contributed by atoms with van der Waals surface area (Å²) in [5, 5.41) is 6.20. The molecule has 13 heteroatoms. The number of hydrogen-bond acceptors (Lipinski definition) is 8. The van der Waals surface area contributed by atoms with Crippen molar-refractivity contribution < 1.29 is 22.1 Å². The smallest absolute Gasteiger partial charge is 0.265 e. The maximum absolute atomic E-state index is 15.0. The van der Waals surface area contributed by atoms with Crippen LogP contribution in [0.25, 0.3) is 27.0 Å². The third-order valence-corrected chi connectivity index (χ3v) is 12.1. The fourth-order valence-electron chi connectivity index (χ4n) is 6.23. The number of fused-ring (bicyclic) bond motifs is 1. The van der Waals surface area contributed by atoms with Crippen molar-refractivity contribution in [2.24, 2.45) is 5.41 Å². The monoisotopic (exact) mass is 670 g/mol. The molecule has 2 aromatic heterocycles. The summed E-state index contributed by atoms with van der Waals surface area (Å²) in [5.41, 5.74) is 3.79. The normalized spacial score (nSPS) is 19.1. The Labute approximate surface area is 266 Å². The third kappa shape index (κ3) is 4.85. The standard InChI is InChI=1S/C31H25Cl2FN4O4S2/c32-20-2-1-3-21(33)25(20)27-24(28(42-36-27)16-4-5-16)18-14-31(15-18)8-10-38(11-9-31)30-35-26-22(34)12-17(13-23(26)43-30)29(39)37-44(40,41)19-6-7-19/h1-3,6,12-14,16H,4-5,7-11,15H2,(H,37,39). The molecule has 1 spiro atoms. The molecule has 0 bridgehead atoms. The maximum Gasteiger partial charge on any atom is 0.265 e. The number of piperidine rings is 1. The number of thiazole rings is 1. The van der Waals surface area contributed by atoms with Crippen LogP contribution >= 0.6 is 34.5 Å². The first-order valence-corrected chi connectivity index (χ1v) is 17.4. The van der Waals surface area contributed by atoms with Crippen molar-refractivity contribution in [2.45, 2.75) is 44.4 Å². The lowest BCUT2D eigenvalue weighted by Gasteiger charge is -2.46. The van der Waals surface area contributed by atoms with Gasteiger partial charge in [0.15, 0.2) is 10.9 Å². The summed E-state index contributed by atoms with van der Waals surface area (Å²) < 4.78 is 47.6. The number of hydrogen-bond donors (Lipinski definition) is 1. The van der Waals surface area contributed by atoms with Crippen LogP contribution in [-0.4, -0.2) is 37.6 Å². The van der Waals surface area contributed by atoms with E-state index in [1.165, 1.54) is 29.1 Å². The lowest BCUT2D eigenvalue weighted by molar-refractivity contribution is 0.0981. The largest absolute Gasteiger partial charge is 0.360 e. The van der Waals surface area contributed by atoms with Crippen LogP contribution in [0.5, 0.6) is 0 Å². The summed E-state index contributed by atoms with van der Waals surface area (Å²) in [6.45, 7) is 1.49. The molecule has 0 unspecified atom stereocenters. The fraction of sp³-hybridized carbons (Fsp3) is 0.323. The zero-order valence-electron chi connectivity index (χ0n) is 23.2. The van der Waals surface area contributed by atoms with Crippen molar-refractivity contribution in [3.8, 4) is 11.3 Å². The Morgan fingerprint density at radius 3 is 2.50 bits per heavy atom. The van der Waals surface area contributed by atoms with E-state index in [0.29, 0.717) is 43.5 Å². The van der Waals surface area contributed by atoms with Crippen molar-refractivity contribution in [1.82, 2.24) is 14.9 Å². The van der Waals surface area contributed by atoms with Gasteiger partial charge in [0.1, 0.15) is 17.0 Å². The Balaban J connectivity index is 1.01. The van der Waals surface area contributed by atoms with Crippen molar-refractivity contribution in [2.75, 3.05) is 18.0 Å². The first kappa shape index (κ1) is 28.2. The minimum absolute atomic E-state index is 0.0428. The van der Waals surface area contributed by atoms with Gasteiger partial charge < -0.3 is 9.42 Å². The van der Waals surface area contributed by atoms with Gasteiger partial charge in [-0.2, -0.15) is 0 Å². The summed E-state index contributed by atoms with van der Waals surface area (Å²) in [6, 6.07) is 7.97. The van der Waals surface area contributed by atoms with Crippen molar-refractivity contribution in [1.29, 1.82) is 0 Å². The second kappa shape index (κ2) is 10.1. The van der Waals surface area contributed by atoms with Crippen LogP contribution < -0.4 is 9.62 Å². The number of benzene rings is 2. The molecule has 3 aliphatic carbocycles. The quantitative estimate of drug-likeness (QED) is 0.215. The Kier molecular flexibility index (Phi) is 6.50. The van der Waals surface area contributed by atoms with Crippen molar-refractivity contribution in [3.63, 3.8) is 0 Å². The van der Waals surface area contributed by atoms with E-state index in [9.17, 15) is 13.2 Å². The number of carbonyl (C=O) groups is 1. The second-order valence-corrected chi connectivity index (χ2v) is 15.5. The molecular weight excluding hydrogens is 646 g/mol. The number of anilines is 1. The predicted octanol–water partition coefficient (Wildman–Crippen LogP) is 7.70. The minimum atomic E-state index is -3.87. The van der Waals surface area contributed by atoms with Gasteiger partial charge in [-0.05, 0) is 67.4 Å². The van der Waals surface area contributed by atoms with Crippen LogP contribution in [0.3, 0.4) is 0 Å². The van der Waals surface area contributed by atoms with Gasteiger partial charge in [0.25, 0.3) is 15.9 Å². The molecule has 2 fully saturated rings. The highest BCUT2D eigenvalue weighted by Gasteiger charge is 2.44. The molecular formula is C31H25Cl2FN4O4S2. The van der Waals surface area contributed by atoms with Gasteiger partial charge in [0, 0.05) is 42.1 Å². The summed E-state index contributed by atoms with van der Waals surface area (Å²) in [7, 11) is -3.87. The van der Waals surface area contributed by atoms with Crippen LogP contribution in [-0.2, 0) is 10.0 Å². The highest BCUT2D eigenvalue weighted by molar-refractivity contribution is 7.94. The number of nitrogens with zero attached hydrogens (tertiary/aromatic N) is 3. The van der Waals surface area contributed by atoms with E-state index < -0.39 is 21.7 Å². The molecule has 44 heavy (non-hydrogen) atoms. The minimum Gasteiger partial charge on any atom is -0.360 e. The third-order valence-electron chi connectivity index (χ3n) is 8.88. The van der Waals surface area contributed by atoms with Crippen LogP contribution in [0.2, 0.25) is 10.0 Å². The molecule has 0 radical (unpaired) electrons. The van der Waals surface area contributed by atoms with E-state index in [1.54, 1.807) is 0 Å². The van der Waals surface area contributed by atoms with E-state index in [2.05, 4.69) is 21.1 Å². The molecule has 1 amide bonds. The van der Waals surface area contributed by atoms with Gasteiger partial charge in [-0.1, -0.05) is 57.9 Å². The number of allylic oxidation sites excluding steroid dienone is 4. The number of halogens is 3. The van der Waals surface area contributed by atoms with Crippen LogP contribution in [0.15, 0.2) is 51.9 Å². The molecule has 1 N–H and O–H groups in total. The highest BCUT2D eigenvalue weighted by Crippen LogP contribution is 2.56. The van der Waals surface area contributed by atoms with Gasteiger partial charge in [-0.25, -0.2) is 22.5 Å². The van der Waals surface area contributed by atoms with Gasteiger partial charge in [-0.3, -0.25) is 4.79 Å². The molecule has 8 nitrogen and oxygen atoms in total. The Morgan fingerprint density at radius 1 is 1.14 bits per heavy atom. The van der Waals surface area contributed by atoms with Crippen molar-refractivity contribution >= 4 is 71.4 Å². The number of aromatic nitrogens is 2. The van der Waals surface area contributed by atoms with Gasteiger partial charge in [0.05, 0.1) is 19.7 Å². The predicted molar refractivity (Wildman–Crippen MR) is 169 cm³/mol. The Hall–Kier alpha value is -3.25. The molecule has 8 rings (SSSR count). The van der Waals surface area contributed by atoms with E-state index >= 15 is 4.39 Å². The number of rotatable bonds is 7. The topological polar surface area (TPSA) is 105 Å². The van der Waals surface area contributed by atoms with E-state index in [1.807, 2.05) is 22.9 Å². The molecule has 226 valence electrons. The number of sulfonamides is 1. The molecule has 1 saturated carbocycles. The molecule has 2 aromatic carbocycles. The molecule has 0 atom stereocenters. The van der Waals surface area contributed by atoms with E-state index in [4.69, 9.17) is 27.7 Å². The lowest BCUT2D eigenvalue weighted by Crippen LogP contribution is -2.42. The number of carbonyl (C=O) groups excluding carboxylic acids is 1. The van der Waals surface area contributed by atoms with E-state index in [0.717, 1.165) is 62.6 Å². The fourth-order valence-corrected chi connectivity index (χ4v) is 8.89. The summed E-state index contributed by atoms with van der Waals surface area (Å²) in [4.78, 5) is 19.4. The number of amides is 1. The van der Waals surface area contributed by atoms with Gasteiger partial charge in [-0.15, -0.1) is 0 Å². The summed E-state index contributed by atoms with van der Waals surface area (Å²) in [6.07, 6.45) is 9.05. The highest BCUT2D eigenvalue weighted by atomic mass is 35.5. The van der Waals surface area contributed by atoms with Crippen molar-refractivity contribution in [3.05, 3.63) is 80.1 Å². The molecule has 4 aliphatic rings. The van der Waals surface area contributed by atoms with Gasteiger partial charge in [0.2, 0.25) is 0 Å². The molecule has 4 aromatic rings. The average Bonchev–Trinajstić information content (AvgIpc) is 3.91. The summed E-state index contributed by atoms with van der Waals surface area (Å²) >= 11 is 14.4. The maximum atomic E-state index is 15.0. The van der Waals surface area contributed by atoms with Gasteiger partial charge >= 0.3 is 0 Å². The molecule has 3 heterocycles. The zero-order valence-corrected chi connectivity index (χ0v) is 26.3. The molecule has 1 aliphatic heterocycles. The van der Waals surface area contributed by atoms with Crippen LogP contribution in [0, 0.1) is 11.2 Å². The Morgan fingerprint density at radius 2 is 1.84 bits per heavy atom. The second-order valence-electron chi connectivity index (χ2n) is 11.9. The SMILES string of the molecule is O=C(NS(=O)(=O)C1=CC1)c1cc(F)c2nc(N3CCC4(C=C(c5c(-c6c(Cl)cccc6Cl)noc5C5CC5)C4)CC3)sc2c1. The average molecular weight is 672 g/mol. The van der Waals surface area contributed by atoms with Crippen LogP contribution in [0.4, 0.5) is 9.52 Å². The first-order valence-electron chi connectivity index (χ1n) is 14.4. The summed E-state index contributed by atoms with van der Waals surface area (Å²) in [5.74, 6) is -0.231.